The molecule has 0 spiro atoms. The second-order valence-corrected chi connectivity index (χ2v) is 8.62. The van der Waals surface area contributed by atoms with E-state index in [-0.39, 0.29) is 17.6 Å². The number of esters is 1. The summed E-state index contributed by atoms with van der Waals surface area (Å²) in [5.41, 5.74) is 4.37. The molecule has 5 rings (SSSR count). The third-order valence-corrected chi connectivity index (χ3v) is 6.72. The first-order chi connectivity index (χ1) is 17.0. The third-order valence-electron chi connectivity index (χ3n) is 6.72. The molecule has 0 radical (unpaired) electrons. The Labute approximate surface area is 205 Å². The van der Waals surface area contributed by atoms with Crippen LogP contribution in [0.3, 0.4) is 0 Å². The Morgan fingerprint density at radius 2 is 1.69 bits per heavy atom. The van der Waals surface area contributed by atoms with Gasteiger partial charge in [-0.2, -0.15) is 0 Å². The molecule has 1 heterocycles. The summed E-state index contributed by atoms with van der Waals surface area (Å²) in [6.07, 6.45) is 0. The predicted molar refractivity (Wildman–Crippen MR) is 139 cm³/mol. The van der Waals surface area contributed by atoms with Crippen LogP contribution in [0.25, 0.3) is 10.8 Å². The summed E-state index contributed by atoms with van der Waals surface area (Å²) in [6.45, 7) is 8.17. The van der Waals surface area contributed by atoms with Gasteiger partial charge in [0.2, 0.25) is 0 Å². The summed E-state index contributed by atoms with van der Waals surface area (Å²) in [5, 5.41) is 12.2. The zero-order valence-corrected chi connectivity index (χ0v) is 20.2. The molecule has 0 aliphatic carbocycles. The molecule has 5 heteroatoms. The number of aromatic hydroxyl groups is 1. The molecule has 1 aliphatic rings. The molecule has 35 heavy (non-hydrogen) atoms. The number of benzene rings is 4. The molecule has 0 amide bonds. The Hall–Kier alpha value is -3.99. The first-order valence-electron chi connectivity index (χ1n) is 12.1. The van der Waals surface area contributed by atoms with Gasteiger partial charge in [0.1, 0.15) is 17.2 Å². The van der Waals surface area contributed by atoms with Gasteiger partial charge >= 0.3 is 5.97 Å². The Morgan fingerprint density at radius 1 is 0.914 bits per heavy atom. The second-order valence-electron chi connectivity index (χ2n) is 8.62. The highest BCUT2D eigenvalue weighted by atomic mass is 16.5. The smallest absolute Gasteiger partial charge is 0.338 e. The number of phenols is 1. The van der Waals surface area contributed by atoms with E-state index >= 15 is 0 Å². The lowest BCUT2D eigenvalue weighted by atomic mass is 9.78. The summed E-state index contributed by atoms with van der Waals surface area (Å²) >= 11 is 0. The van der Waals surface area contributed by atoms with E-state index in [1.54, 1.807) is 12.1 Å². The van der Waals surface area contributed by atoms with Crippen molar-refractivity contribution in [2.24, 2.45) is 0 Å². The van der Waals surface area contributed by atoms with Crippen LogP contribution in [-0.2, 0) is 4.74 Å². The zero-order chi connectivity index (χ0) is 24.5. The molecule has 1 aliphatic heterocycles. The molecule has 4 aromatic rings. The number of hydrogen-bond acceptors (Lipinski definition) is 5. The fraction of sp³-hybridized carbons (Fsp3) is 0.233. The van der Waals surface area contributed by atoms with Gasteiger partial charge in [-0.1, -0.05) is 36.4 Å². The van der Waals surface area contributed by atoms with Crippen LogP contribution in [0.15, 0.2) is 72.8 Å². The quantitative estimate of drug-likeness (QED) is 0.277. The first kappa shape index (κ1) is 22.8. The van der Waals surface area contributed by atoms with Crippen LogP contribution in [0.1, 0.15) is 53.7 Å². The van der Waals surface area contributed by atoms with E-state index in [1.165, 1.54) is 0 Å². The number of ether oxygens (including phenoxy) is 2. The predicted octanol–water partition coefficient (Wildman–Crippen LogP) is 6.85. The number of anilines is 1. The van der Waals surface area contributed by atoms with Gasteiger partial charge in [-0.15, -0.1) is 0 Å². The third kappa shape index (κ3) is 3.97. The Kier molecular flexibility index (Phi) is 6.08. The molecule has 0 fully saturated rings. The molecule has 0 saturated carbocycles. The summed E-state index contributed by atoms with van der Waals surface area (Å²) < 4.78 is 11.9. The van der Waals surface area contributed by atoms with E-state index in [0.717, 1.165) is 57.7 Å². The van der Waals surface area contributed by atoms with Crippen molar-refractivity contribution in [2.45, 2.75) is 26.7 Å². The van der Waals surface area contributed by atoms with E-state index in [4.69, 9.17) is 9.47 Å². The van der Waals surface area contributed by atoms with E-state index in [0.29, 0.717) is 12.2 Å². The van der Waals surface area contributed by atoms with E-state index in [1.807, 2.05) is 49.4 Å². The number of nitrogens with zero attached hydrogens (tertiary/aromatic N) is 1. The Bertz CT molecular complexity index is 1410. The second kappa shape index (κ2) is 9.34. The lowest BCUT2D eigenvalue weighted by Crippen LogP contribution is -2.22. The number of carbonyl (C=O) groups excluding carboxylic acids is 1. The lowest BCUT2D eigenvalue weighted by Gasteiger charge is -2.32. The molecule has 5 nitrogen and oxygen atoms in total. The monoisotopic (exact) mass is 467 g/mol. The van der Waals surface area contributed by atoms with Gasteiger partial charge in [-0.05, 0) is 67.4 Å². The molecule has 178 valence electrons. The van der Waals surface area contributed by atoms with Crippen molar-refractivity contribution in [3.05, 3.63) is 95.1 Å². The maximum atomic E-state index is 13.0. The fourth-order valence-corrected chi connectivity index (χ4v) is 5.07. The topological polar surface area (TPSA) is 59.0 Å². The summed E-state index contributed by atoms with van der Waals surface area (Å²) in [4.78, 5) is 15.2. The normalized spacial score (nSPS) is 14.1. The first-order valence-corrected chi connectivity index (χ1v) is 12.1. The molecule has 4 aromatic carbocycles. The van der Waals surface area contributed by atoms with Crippen molar-refractivity contribution in [2.75, 3.05) is 24.6 Å². The highest BCUT2D eigenvalue weighted by Crippen LogP contribution is 2.51. The minimum absolute atomic E-state index is 0.186. The van der Waals surface area contributed by atoms with Crippen molar-refractivity contribution in [3.63, 3.8) is 0 Å². The maximum absolute atomic E-state index is 13.0. The minimum atomic E-state index is -0.347. The molecule has 0 bridgehead atoms. The van der Waals surface area contributed by atoms with Gasteiger partial charge in [-0.25, -0.2) is 4.79 Å². The highest BCUT2D eigenvalue weighted by Gasteiger charge is 2.33. The molecule has 1 unspecified atom stereocenters. The number of rotatable bonds is 6. The van der Waals surface area contributed by atoms with Crippen LogP contribution in [0.4, 0.5) is 5.69 Å². The van der Waals surface area contributed by atoms with Crippen molar-refractivity contribution in [1.29, 1.82) is 0 Å². The van der Waals surface area contributed by atoms with Crippen LogP contribution >= 0.6 is 0 Å². The van der Waals surface area contributed by atoms with Crippen molar-refractivity contribution < 1.29 is 19.4 Å². The van der Waals surface area contributed by atoms with E-state index < -0.39 is 0 Å². The standard InChI is InChI=1S/C30H29NO4/c1-4-31(5-2)20-13-15-24-27(17-20)35-26-16-12-19-11-14-21(32)18-25(19)29(26)28(24)22-9-7-8-10-23(22)30(33)34-6-3/h7-18,28,32H,4-6H2,1-3H3. The number of hydrogen-bond donors (Lipinski definition) is 1. The zero-order valence-electron chi connectivity index (χ0n) is 20.2. The van der Waals surface area contributed by atoms with Gasteiger partial charge in [0.15, 0.2) is 0 Å². The van der Waals surface area contributed by atoms with E-state index in [9.17, 15) is 9.90 Å². The number of phenolic OH excluding ortho intramolecular Hbond substituents is 1. The average Bonchev–Trinajstić information content (AvgIpc) is 2.88. The molecule has 0 saturated heterocycles. The SMILES string of the molecule is CCOC(=O)c1ccccc1C1c2ccc(N(CC)CC)cc2Oc2ccc3ccc(O)cc3c21. The Morgan fingerprint density at radius 3 is 2.46 bits per heavy atom. The van der Waals surface area contributed by atoms with Crippen LogP contribution in [-0.4, -0.2) is 30.8 Å². The van der Waals surface area contributed by atoms with Crippen LogP contribution in [0.2, 0.25) is 0 Å². The number of carbonyl (C=O) groups is 1. The van der Waals surface area contributed by atoms with Crippen LogP contribution in [0.5, 0.6) is 17.2 Å². The summed E-state index contributed by atoms with van der Waals surface area (Å²) in [5.74, 6) is 1.05. The minimum Gasteiger partial charge on any atom is -0.508 e. The molecule has 0 aromatic heterocycles. The largest absolute Gasteiger partial charge is 0.508 e. The summed E-state index contributed by atoms with van der Waals surface area (Å²) in [7, 11) is 0. The van der Waals surface area contributed by atoms with E-state index in [2.05, 4.69) is 36.9 Å². The Balaban J connectivity index is 1.79. The van der Waals surface area contributed by atoms with Crippen molar-refractivity contribution >= 4 is 22.4 Å². The van der Waals surface area contributed by atoms with Gasteiger partial charge in [0, 0.05) is 41.9 Å². The lowest BCUT2D eigenvalue weighted by molar-refractivity contribution is 0.0525. The van der Waals surface area contributed by atoms with Gasteiger partial charge in [0.25, 0.3) is 0 Å². The maximum Gasteiger partial charge on any atom is 0.338 e. The van der Waals surface area contributed by atoms with Crippen LogP contribution < -0.4 is 9.64 Å². The number of fused-ring (bicyclic) bond motifs is 4. The van der Waals surface area contributed by atoms with Gasteiger partial charge < -0.3 is 19.5 Å². The van der Waals surface area contributed by atoms with Gasteiger partial charge in [0.05, 0.1) is 12.2 Å². The van der Waals surface area contributed by atoms with Crippen molar-refractivity contribution in [1.82, 2.24) is 0 Å². The van der Waals surface area contributed by atoms with Gasteiger partial charge in [-0.3, -0.25) is 0 Å². The molecular formula is C30H29NO4. The molecular weight excluding hydrogens is 438 g/mol. The molecule has 1 atom stereocenters. The fourth-order valence-electron chi connectivity index (χ4n) is 5.07. The summed E-state index contributed by atoms with van der Waals surface area (Å²) in [6, 6.07) is 23.2. The average molecular weight is 468 g/mol. The molecule has 1 N–H and O–H groups in total. The highest BCUT2D eigenvalue weighted by molar-refractivity contribution is 5.95. The van der Waals surface area contributed by atoms with Crippen LogP contribution in [0, 0.1) is 0 Å². The van der Waals surface area contributed by atoms with Crippen molar-refractivity contribution in [3.8, 4) is 17.2 Å².